The minimum absolute atomic E-state index is 0.0902. The quantitative estimate of drug-likeness (QED) is 0.769. The Morgan fingerprint density at radius 3 is 2.71 bits per heavy atom. The van der Waals surface area contributed by atoms with Gasteiger partial charge in [-0.15, -0.1) is 0 Å². The Morgan fingerprint density at radius 2 is 2.00 bits per heavy atom. The Bertz CT molecular complexity index is 375. The summed E-state index contributed by atoms with van der Waals surface area (Å²) in [5, 5.41) is 3.40. The second kappa shape index (κ2) is 5.63. The number of benzene rings is 1. The van der Waals surface area contributed by atoms with E-state index in [-0.39, 0.29) is 5.82 Å². The fourth-order valence-electron chi connectivity index (χ4n) is 2.85. The normalized spacial score (nSPS) is 25.6. The molecule has 1 N–H and O–H groups in total. The molecule has 0 aromatic heterocycles. The van der Waals surface area contributed by atoms with E-state index in [4.69, 9.17) is 0 Å². The highest BCUT2D eigenvalue weighted by atomic mass is 19.1. The third kappa shape index (κ3) is 3.06. The van der Waals surface area contributed by atoms with Crippen molar-refractivity contribution in [1.29, 1.82) is 0 Å². The summed E-state index contributed by atoms with van der Waals surface area (Å²) in [7, 11) is 2.04. The first-order valence-electron chi connectivity index (χ1n) is 6.64. The summed E-state index contributed by atoms with van der Waals surface area (Å²) in [5.74, 6) is 0.502. The molecule has 1 fully saturated rings. The molecule has 1 nitrogen and oxygen atoms in total. The molecule has 1 aliphatic carbocycles. The maximum absolute atomic E-state index is 13.3. The highest BCUT2D eigenvalue weighted by Gasteiger charge is 2.20. The number of nitrogens with one attached hydrogen (secondary N) is 1. The predicted octanol–water partition coefficient (Wildman–Crippen LogP) is 3.77. The number of rotatable bonds is 2. The summed E-state index contributed by atoms with van der Waals surface area (Å²) in [5.41, 5.74) is 2.08. The van der Waals surface area contributed by atoms with Crippen molar-refractivity contribution in [2.75, 3.05) is 7.05 Å². The van der Waals surface area contributed by atoms with Gasteiger partial charge in [-0.1, -0.05) is 25.0 Å². The van der Waals surface area contributed by atoms with Gasteiger partial charge >= 0.3 is 0 Å². The fourth-order valence-corrected chi connectivity index (χ4v) is 2.85. The lowest BCUT2D eigenvalue weighted by Gasteiger charge is -2.20. The smallest absolute Gasteiger partial charge is 0.126 e. The molecule has 1 saturated carbocycles. The van der Waals surface area contributed by atoms with Crippen molar-refractivity contribution < 1.29 is 4.39 Å². The van der Waals surface area contributed by atoms with E-state index in [1.54, 1.807) is 6.07 Å². The molecule has 0 radical (unpaired) electrons. The number of hydrogen-bond donors (Lipinski definition) is 1. The summed E-state index contributed by atoms with van der Waals surface area (Å²) in [6.45, 7) is 1.85. The number of aryl methyl sites for hydroxylation is 1. The number of halogens is 1. The van der Waals surface area contributed by atoms with E-state index < -0.39 is 0 Å². The van der Waals surface area contributed by atoms with Crippen LogP contribution in [0.2, 0.25) is 0 Å². The first-order chi connectivity index (χ1) is 8.20. The van der Waals surface area contributed by atoms with Crippen LogP contribution in [0, 0.1) is 12.7 Å². The fraction of sp³-hybridized carbons (Fsp3) is 0.600. The Balaban J connectivity index is 2.16. The van der Waals surface area contributed by atoms with Crippen molar-refractivity contribution >= 4 is 0 Å². The minimum atomic E-state index is -0.0902. The van der Waals surface area contributed by atoms with Crippen LogP contribution in [-0.4, -0.2) is 13.1 Å². The molecule has 0 spiro atoms. The van der Waals surface area contributed by atoms with Gasteiger partial charge in [0.15, 0.2) is 0 Å². The monoisotopic (exact) mass is 235 g/mol. The van der Waals surface area contributed by atoms with Crippen LogP contribution in [0.5, 0.6) is 0 Å². The van der Waals surface area contributed by atoms with Crippen LogP contribution in [0.3, 0.4) is 0 Å². The van der Waals surface area contributed by atoms with Gasteiger partial charge in [-0.2, -0.15) is 0 Å². The van der Waals surface area contributed by atoms with Crippen molar-refractivity contribution in [1.82, 2.24) is 5.32 Å². The molecular formula is C15H22FN. The largest absolute Gasteiger partial charge is 0.317 e. The molecule has 0 bridgehead atoms. The van der Waals surface area contributed by atoms with Crippen LogP contribution in [0.1, 0.15) is 49.1 Å². The average molecular weight is 235 g/mol. The molecule has 0 heterocycles. The zero-order valence-corrected chi connectivity index (χ0v) is 10.8. The van der Waals surface area contributed by atoms with Gasteiger partial charge in [0.05, 0.1) is 0 Å². The lowest BCUT2D eigenvalue weighted by molar-refractivity contribution is 0.470. The van der Waals surface area contributed by atoms with E-state index >= 15 is 0 Å². The lowest BCUT2D eigenvalue weighted by atomic mass is 9.89. The van der Waals surface area contributed by atoms with Gasteiger partial charge in [0, 0.05) is 6.04 Å². The highest BCUT2D eigenvalue weighted by molar-refractivity contribution is 5.27. The second-order valence-corrected chi connectivity index (χ2v) is 5.21. The predicted molar refractivity (Wildman–Crippen MR) is 69.8 cm³/mol. The third-order valence-corrected chi connectivity index (χ3v) is 3.99. The van der Waals surface area contributed by atoms with Crippen molar-refractivity contribution in [3.05, 3.63) is 35.1 Å². The standard InChI is InChI=1S/C15H22FN/c1-11-9-13(7-8-15(11)16)12-5-3-4-6-14(10-12)17-2/h7-9,12,14,17H,3-6,10H2,1-2H3. The molecule has 0 amide bonds. The summed E-state index contributed by atoms with van der Waals surface area (Å²) < 4.78 is 13.3. The van der Waals surface area contributed by atoms with E-state index in [1.807, 2.05) is 26.1 Å². The highest BCUT2D eigenvalue weighted by Crippen LogP contribution is 2.32. The summed E-state index contributed by atoms with van der Waals surface area (Å²) in [4.78, 5) is 0. The zero-order valence-electron chi connectivity index (χ0n) is 10.8. The van der Waals surface area contributed by atoms with Gasteiger partial charge in [0.1, 0.15) is 5.82 Å². The molecule has 1 aliphatic rings. The van der Waals surface area contributed by atoms with Gasteiger partial charge in [-0.05, 0) is 56.3 Å². The SMILES string of the molecule is CNC1CCCCC(c2ccc(F)c(C)c2)C1. The van der Waals surface area contributed by atoms with Crippen LogP contribution in [-0.2, 0) is 0 Å². The molecule has 1 aromatic carbocycles. The lowest BCUT2D eigenvalue weighted by Crippen LogP contribution is -2.25. The van der Waals surface area contributed by atoms with Crippen molar-refractivity contribution in [2.24, 2.45) is 0 Å². The molecule has 0 saturated heterocycles. The molecule has 94 valence electrons. The Hall–Kier alpha value is -0.890. The van der Waals surface area contributed by atoms with Crippen molar-refractivity contribution in [2.45, 2.75) is 51.0 Å². The molecule has 2 heteroatoms. The zero-order chi connectivity index (χ0) is 12.3. The van der Waals surface area contributed by atoms with E-state index in [1.165, 1.54) is 37.7 Å². The first-order valence-corrected chi connectivity index (χ1v) is 6.64. The molecule has 17 heavy (non-hydrogen) atoms. The van der Waals surface area contributed by atoms with Crippen LogP contribution < -0.4 is 5.32 Å². The molecule has 2 unspecified atom stereocenters. The van der Waals surface area contributed by atoms with Gasteiger partial charge < -0.3 is 5.32 Å². The maximum Gasteiger partial charge on any atom is 0.126 e. The topological polar surface area (TPSA) is 12.0 Å². The van der Waals surface area contributed by atoms with Crippen LogP contribution in [0.4, 0.5) is 4.39 Å². The van der Waals surface area contributed by atoms with Crippen LogP contribution in [0.15, 0.2) is 18.2 Å². The maximum atomic E-state index is 13.3. The Labute approximate surface area is 103 Å². The van der Waals surface area contributed by atoms with Gasteiger partial charge in [-0.3, -0.25) is 0 Å². The van der Waals surface area contributed by atoms with E-state index in [2.05, 4.69) is 5.32 Å². The molecular weight excluding hydrogens is 213 g/mol. The average Bonchev–Trinajstić information content (AvgIpc) is 2.58. The minimum Gasteiger partial charge on any atom is -0.317 e. The first kappa shape index (κ1) is 12.6. The molecule has 1 aromatic rings. The molecule has 2 rings (SSSR count). The van der Waals surface area contributed by atoms with Crippen LogP contribution in [0.25, 0.3) is 0 Å². The summed E-state index contributed by atoms with van der Waals surface area (Å²) in [6.07, 6.45) is 6.29. The van der Waals surface area contributed by atoms with Crippen molar-refractivity contribution in [3.63, 3.8) is 0 Å². The van der Waals surface area contributed by atoms with E-state index in [9.17, 15) is 4.39 Å². The molecule has 2 atom stereocenters. The van der Waals surface area contributed by atoms with E-state index in [0.717, 1.165) is 5.56 Å². The van der Waals surface area contributed by atoms with E-state index in [0.29, 0.717) is 12.0 Å². The van der Waals surface area contributed by atoms with Crippen molar-refractivity contribution in [3.8, 4) is 0 Å². The van der Waals surface area contributed by atoms with Crippen LogP contribution >= 0.6 is 0 Å². The Kier molecular flexibility index (Phi) is 4.16. The van der Waals surface area contributed by atoms with Gasteiger partial charge in [0.2, 0.25) is 0 Å². The summed E-state index contributed by atoms with van der Waals surface area (Å²) in [6, 6.07) is 6.22. The van der Waals surface area contributed by atoms with Gasteiger partial charge in [0.25, 0.3) is 0 Å². The van der Waals surface area contributed by atoms with Gasteiger partial charge in [-0.25, -0.2) is 4.39 Å². The summed E-state index contributed by atoms with van der Waals surface area (Å²) >= 11 is 0. The number of hydrogen-bond acceptors (Lipinski definition) is 1. The molecule has 0 aliphatic heterocycles. The third-order valence-electron chi connectivity index (χ3n) is 3.99. The second-order valence-electron chi connectivity index (χ2n) is 5.21. The Morgan fingerprint density at radius 1 is 1.24 bits per heavy atom.